The van der Waals surface area contributed by atoms with Gasteiger partial charge in [0.1, 0.15) is 0 Å². The molecule has 2 aromatic carbocycles. The Morgan fingerprint density at radius 1 is 1.04 bits per heavy atom. The topological polar surface area (TPSA) is 35.5 Å². The number of anilines is 1. The maximum Gasteiger partial charge on any atom is 0.0574 e. The zero-order chi connectivity index (χ0) is 17.6. The lowest BCUT2D eigenvalue weighted by molar-refractivity contribution is 0.145. The molecule has 2 aromatic rings. The second-order valence-electron chi connectivity index (χ2n) is 7.22. The number of hydrogen-bond acceptors (Lipinski definition) is 3. The summed E-state index contributed by atoms with van der Waals surface area (Å²) in [6.07, 6.45) is 2.68. The lowest BCUT2D eigenvalue weighted by atomic mass is 10.0. The third-order valence-corrected chi connectivity index (χ3v) is 5.21. The van der Waals surface area contributed by atoms with Crippen molar-refractivity contribution >= 4 is 5.69 Å². The molecule has 0 aromatic heterocycles. The molecule has 1 aliphatic heterocycles. The van der Waals surface area contributed by atoms with Crippen LogP contribution in [0.1, 0.15) is 42.5 Å². The van der Waals surface area contributed by atoms with Gasteiger partial charge in [0, 0.05) is 24.8 Å². The first-order chi connectivity index (χ1) is 12.1. The Bertz CT molecular complexity index is 643. The average molecular weight is 338 g/mol. The smallest absolute Gasteiger partial charge is 0.0574 e. The van der Waals surface area contributed by atoms with E-state index in [1.165, 1.54) is 22.4 Å². The fourth-order valence-electron chi connectivity index (χ4n) is 3.40. The molecule has 1 heterocycles. The maximum atomic E-state index is 9.63. The van der Waals surface area contributed by atoms with Gasteiger partial charge in [-0.05, 0) is 62.9 Å². The van der Waals surface area contributed by atoms with Gasteiger partial charge in [-0.3, -0.25) is 0 Å². The summed E-state index contributed by atoms with van der Waals surface area (Å²) in [5, 5.41) is 13.3. The van der Waals surface area contributed by atoms with Crippen molar-refractivity contribution in [2.24, 2.45) is 0 Å². The molecular weight excluding hydrogens is 308 g/mol. The quantitative estimate of drug-likeness (QED) is 0.840. The molecule has 1 atom stereocenters. The molecule has 0 bridgehead atoms. The van der Waals surface area contributed by atoms with E-state index >= 15 is 0 Å². The molecule has 3 rings (SSSR count). The summed E-state index contributed by atoms with van der Waals surface area (Å²) in [6, 6.07) is 18.0. The van der Waals surface area contributed by atoms with Crippen LogP contribution in [0.15, 0.2) is 48.5 Å². The van der Waals surface area contributed by atoms with Gasteiger partial charge in [-0.15, -0.1) is 0 Å². The fourth-order valence-corrected chi connectivity index (χ4v) is 3.40. The van der Waals surface area contributed by atoms with E-state index in [9.17, 15) is 5.11 Å². The van der Waals surface area contributed by atoms with Crippen molar-refractivity contribution in [3.05, 3.63) is 65.2 Å². The normalized spacial score (nSPS) is 16.8. The summed E-state index contributed by atoms with van der Waals surface area (Å²) in [6.45, 7) is 7.23. The maximum absolute atomic E-state index is 9.63. The largest absolute Gasteiger partial charge is 0.393 e. The first-order valence-electron chi connectivity index (χ1n) is 9.44. The molecule has 3 heteroatoms. The highest BCUT2D eigenvalue weighted by molar-refractivity contribution is 5.48. The predicted octanol–water partition coefficient (Wildman–Crippen LogP) is 3.85. The van der Waals surface area contributed by atoms with E-state index in [1.807, 2.05) is 0 Å². The summed E-state index contributed by atoms with van der Waals surface area (Å²) >= 11 is 0. The number of hydrogen-bond donors (Lipinski definition) is 2. The van der Waals surface area contributed by atoms with Crippen LogP contribution in [0, 0.1) is 6.92 Å². The molecule has 0 radical (unpaired) electrons. The Labute approximate surface area is 151 Å². The van der Waals surface area contributed by atoms with Crippen LogP contribution < -0.4 is 10.2 Å². The molecule has 0 saturated carbocycles. The van der Waals surface area contributed by atoms with Gasteiger partial charge in [0.05, 0.1) is 6.10 Å². The lowest BCUT2D eigenvalue weighted by Gasteiger charge is -2.31. The third kappa shape index (κ3) is 5.07. The Morgan fingerprint density at radius 3 is 2.32 bits per heavy atom. The lowest BCUT2D eigenvalue weighted by Crippen LogP contribution is -2.35. The van der Waals surface area contributed by atoms with E-state index in [1.54, 1.807) is 0 Å². The minimum Gasteiger partial charge on any atom is -0.393 e. The van der Waals surface area contributed by atoms with E-state index < -0.39 is 0 Å². The SMILES string of the molecule is Cc1ccc(CCNC(C)c2ccc(N3CCC(O)CC3)cc2)cc1. The highest BCUT2D eigenvalue weighted by Gasteiger charge is 2.17. The van der Waals surface area contributed by atoms with Gasteiger partial charge < -0.3 is 15.3 Å². The van der Waals surface area contributed by atoms with Gasteiger partial charge in [-0.1, -0.05) is 42.0 Å². The second-order valence-corrected chi connectivity index (χ2v) is 7.22. The van der Waals surface area contributed by atoms with Crippen molar-refractivity contribution in [3.8, 4) is 0 Å². The van der Waals surface area contributed by atoms with Gasteiger partial charge in [-0.2, -0.15) is 0 Å². The number of piperidine rings is 1. The summed E-state index contributed by atoms with van der Waals surface area (Å²) in [4.78, 5) is 2.37. The average Bonchev–Trinajstić information content (AvgIpc) is 2.64. The zero-order valence-electron chi connectivity index (χ0n) is 15.4. The van der Waals surface area contributed by atoms with E-state index in [2.05, 4.69) is 72.6 Å². The van der Waals surface area contributed by atoms with Gasteiger partial charge in [0.15, 0.2) is 0 Å². The molecule has 1 unspecified atom stereocenters. The Balaban J connectivity index is 1.48. The van der Waals surface area contributed by atoms with Crippen LogP contribution >= 0.6 is 0 Å². The third-order valence-electron chi connectivity index (χ3n) is 5.21. The second kappa shape index (κ2) is 8.50. The molecule has 25 heavy (non-hydrogen) atoms. The van der Waals surface area contributed by atoms with Crippen molar-refractivity contribution in [1.82, 2.24) is 5.32 Å². The molecule has 134 valence electrons. The highest BCUT2D eigenvalue weighted by atomic mass is 16.3. The van der Waals surface area contributed by atoms with Crippen molar-refractivity contribution in [1.29, 1.82) is 0 Å². The van der Waals surface area contributed by atoms with Crippen molar-refractivity contribution < 1.29 is 5.11 Å². The van der Waals surface area contributed by atoms with E-state index in [0.29, 0.717) is 6.04 Å². The van der Waals surface area contributed by atoms with Gasteiger partial charge in [0.2, 0.25) is 0 Å². The van der Waals surface area contributed by atoms with Gasteiger partial charge >= 0.3 is 0 Å². The van der Waals surface area contributed by atoms with Gasteiger partial charge in [-0.25, -0.2) is 0 Å². The number of aliphatic hydroxyl groups is 1. The summed E-state index contributed by atoms with van der Waals surface area (Å²) in [5.74, 6) is 0. The Morgan fingerprint density at radius 2 is 1.68 bits per heavy atom. The number of nitrogens with one attached hydrogen (secondary N) is 1. The first kappa shape index (κ1) is 18.0. The zero-order valence-corrected chi connectivity index (χ0v) is 15.4. The molecule has 1 fully saturated rings. The molecule has 2 N–H and O–H groups in total. The minimum absolute atomic E-state index is 0.117. The Kier molecular flexibility index (Phi) is 6.11. The number of aryl methyl sites for hydroxylation is 1. The minimum atomic E-state index is -0.117. The summed E-state index contributed by atoms with van der Waals surface area (Å²) in [7, 11) is 0. The van der Waals surface area contributed by atoms with E-state index in [4.69, 9.17) is 0 Å². The molecule has 0 spiro atoms. The van der Waals surface area contributed by atoms with E-state index in [0.717, 1.165) is 38.9 Å². The summed E-state index contributed by atoms with van der Waals surface area (Å²) in [5.41, 5.74) is 5.29. The highest BCUT2D eigenvalue weighted by Crippen LogP contribution is 2.22. The summed E-state index contributed by atoms with van der Waals surface area (Å²) < 4.78 is 0. The number of rotatable bonds is 6. The van der Waals surface area contributed by atoms with Crippen LogP contribution in [0.4, 0.5) is 5.69 Å². The number of nitrogens with zero attached hydrogens (tertiary/aromatic N) is 1. The molecule has 1 aliphatic rings. The van der Waals surface area contributed by atoms with E-state index in [-0.39, 0.29) is 6.10 Å². The van der Waals surface area contributed by atoms with Crippen LogP contribution in [0.5, 0.6) is 0 Å². The fraction of sp³-hybridized carbons (Fsp3) is 0.455. The van der Waals surface area contributed by atoms with Crippen LogP contribution in [0.3, 0.4) is 0 Å². The van der Waals surface area contributed by atoms with Crippen molar-refractivity contribution in [3.63, 3.8) is 0 Å². The van der Waals surface area contributed by atoms with Gasteiger partial charge in [0.25, 0.3) is 0 Å². The van der Waals surface area contributed by atoms with Crippen LogP contribution in [-0.2, 0) is 6.42 Å². The standard InChI is InChI=1S/C22H30N2O/c1-17-3-5-19(6-4-17)11-14-23-18(2)20-7-9-21(10-8-20)24-15-12-22(25)13-16-24/h3-10,18,22-23,25H,11-16H2,1-2H3. The van der Waals surface area contributed by atoms with Crippen LogP contribution in [-0.4, -0.2) is 30.8 Å². The number of benzene rings is 2. The van der Waals surface area contributed by atoms with Crippen LogP contribution in [0.25, 0.3) is 0 Å². The molecule has 0 amide bonds. The van der Waals surface area contributed by atoms with Crippen molar-refractivity contribution in [2.75, 3.05) is 24.5 Å². The Hall–Kier alpha value is -1.84. The molecular formula is C22H30N2O. The molecule has 0 aliphatic carbocycles. The monoisotopic (exact) mass is 338 g/mol. The molecule has 3 nitrogen and oxygen atoms in total. The predicted molar refractivity (Wildman–Crippen MR) is 105 cm³/mol. The first-order valence-corrected chi connectivity index (χ1v) is 9.44. The van der Waals surface area contributed by atoms with Crippen molar-refractivity contribution in [2.45, 2.75) is 45.3 Å². The van der Waals surface area contributed by atoms with Crippen LogP contribution in [0.2, 0.25) is 0 Å². The molecule has 1 saturated heterocycles. The number of aliphatic hydroxyl groups excluding tert-OH is 1.